The minimum absolute atomic E-state index is 0.0688. The van der Waals surface area contributed by atoms with E-state index in [2.05, 4.69) is 15.5 Å². The molecule has 1 aromatic carbocycles. The summed E-state index contributed by atoms with van der Waals surface area (Å²) in [6.07, 6.45) is 3.74. The maximum atomic E-state index is 12.2. The fourth-order valence-electron chi connectivity index (χ4n) is 2.99. The van der Waals surface area contributed by atoms with Gasteiger partial charge in [0.1, 0.15) is 0 Å². The van der Waals surface area contributed by atoms with Gasteiger partial charge >= 0.3 is 0 Å². The number of halogens is 1. The third-order valence-electron chi connectivity index (χ3n) is 4.32. The summed E-state index contributed by atoms with van der Waals surface area (Å²) in [4.78, 5) is 12.2. The van der Waals surface area contributed by atoms with Crippen LogP contribution in [0, 0.1) is 0 Å². The zero-order valence-electron chi connectivity index (χ0n) is 15.0. The van der Waals surface area contributed by atoms with Crippen molar-refractivity contribution in [3.05, 3.63) is 47.7 Å². The number of nitrogens with one attached hydrogen (secondary N) is 1. The summed E-state index contributed by atoms with van der Waals surface area (Å²) in [5.41, 5.74) is 0.797. The quantitative estimate of drug-likeness (QED) is 0.590. The number of hydrogen-bond donors (Lipinski definition) is 1. The molecule has 1 aliphatic rings. The lowest BCUT2D eigenvalue weighted by Crippen LogP contribution is -2.32. The minimum atomic E-state index is -0.0688. The summed E-state index contributed by atoms with van der Waals surface area (Å²) < 4.78 is 12.9. The van der Waals surface area contributed by atoms with Crippen LogP contribution in [0.15, 0.2) is 52.2 Å². The van der Waals surface area contributed by atoms with Crippen LogP contribution in [-0.2, 0) is 9.53 Å². The van der Waals surface area contributed by atoms with Crippen molar-refractivity contribution in [2.45, 2.75) is 24.1 Å². The van der Waals surface area contributed by atoms with Crippen LogP contribution in [-0.4, -0.2) is 45.7 Å². The fraction of sp³-hybridized carbons (Fsp3) is 0.316. The van der Waals surface area contributed by atoms with E-state index in [9.17, 15) is 4.79 Å². The number of hydrogen-bond acceptors (Lipinski definition) is 6. The highest BCUT2D eigenvalue weighted by molar-refractivity contribution is 7.99. The van der Waals surface area contributed by atoms with E-state index >= 15 is 0 Å². The molecule has 4 rings (SSSR count). The molecule has 28 heavy (non-hydrogen) atoms. The third kappa shape index (κ3) is 4.40. The Kier molecular flexibility index (Phi) is 5.99. The van der Waals surface area contributed by atoms with Gasteiger partial charge in [0.2, 0.25) is 11.7 Å². The highest BCUT2D eigenvalue weighted by Crippen LogP contribution is 2.29. The summed E-state index contributed by atoms with van der Waals surface area (Å²) in [5, 5.41) is 12.6. The number of rotatable bonds is 7. The van der Waals surface area contributed by atoms with Crippen LogP contribution >= 0.6 is 23.4 Å². The number of benzene rings is 1. The molecule has 0 bridgehead atoms. The van der Waals surface area contributed by atoms with Crippen LogP contribution in [0.25, 0.3) is 17.3 Å². The maximum Gasteiger partial charge on any atom is 0.230 e. The second kappa shape index (κ2) is 8.81. The van der Waals surface area contributed by atoms with Crippen LogP contribution in [0.3, 0.4) is 0 Å². The monoisotopic (exact) mass is 418 g/mol. The average molecular weight is 419 g/mol. The Labute approximate surface area is 171 Å². The molecule has 3 heterocycles. The van der Waals surface area contributed by atoms with E-state index in [4.69, 9.17) is 20.8 Å². The number of ether oxygens (including phenoxy) is 1. The molecule has 7 nitrogen and oxygen atoms in total. The highest BCUT2D eigenvalue weighted by Gasteiger charge is 2.20. The second-order valence-electron chi connectivity index (χ2n) is 6.33. The highest BCUT2D eigenvalue weighted by atomic mass is 35.5. The Morgan fingerprint density at radius 3 is 3.00 bits per heavy atom. The molecule has 9 heteroatoms. The molecular formula is C19H19ClN4O3S. The lowest BCUT2D eigenvalue weighted by atomic mass is 10.2. The number of aromatic nitrogens is 3. The molecule has 1 fully saturated rings. The third-order valence-corrected chi connectivity index (χ3v) is 5.49. The summed E-state index contributed by atoms with van der Waals surface area (Å²) in [5.74, 6) is 1.29. The standard InChI is InChI=1S/C19H19ClN4O3S/c20-13-4-1-5-14(10-13)24-18(16-7-3-9-27-16)22-23-19(24)28-12-17(25)21-11-15-6-2-8-26-15/h1,3-5,7,9-10,15H,2,6,8,11-12H2,(H,21,25)/t15-/m0/s1. The van der Waals surface area contributed by atoms with E-state index in [1.54, 1.807) is 18.4 Å². The van der Waals surface area contributed by atoms with Crippen molar-refractivity contribution >= 4 is 29.3 Å². The predicted octanol–water partition coefficient (Wildman–Crippen LogP) is 3.57. The number of carbonyl (C=O) groups excluding carboxylic acids is 1. The summed E-state index contributed by atoms with van der Waals surface area (Å²) in [7, 11) is 0. The number of carbonyl (C=O) groups is 1. The topological polar surface area (TPSA) is 82.2 Å². The number of amides is 1. The van der Waals surface area contributed by atoms with Crippen molar-refractivity contribution in [2.75, 3.05) is 18.9 Å². The number of furan rings is 1. The summed E-state index contributed by atoms with van der Waals surface area (Å²) in [6.45, 7) is 1.31. The molecule has 0 unspecified atom stereocenters. The molecule has 3 aromatic rings. The van der Waals surface area contributed by atoms with Gasteiger partial charge in [0, 0.05) is 18.2 Å². The maximum absolute atomic E-state index is 12.2. The summed E-state index contributed by atoms with van der Waals surface area (Å²) in [6, 6.07) is 11.0. The lowest BCUT2D eigenvalue weighted by Gasteiger charge is -2.11. The molecule has 1 N–H and O–H groups in total. The largest absolute Gasteiger partial charge is 0.461 e. The number of thioether (sulfide) groups is 1. The van der Waals surface area contributed by atoms with Gasteiger partial charge in [0.25, 0.3) is 0 Å². The average Bonchev–Trinajstić information content (AvgIpc) is 3.46. The zero-order valence-corrected chi connectivity index (χ0v) is 16.6. The Hall–Kier alpha value is -2.29. The molecule has 1 atom stereocenters. The smallest absolute Gasteiger partial charge is 0.230 e. The van der Waals surface area contributed by atoms with Crippen LogP contribution < -0.4 is 5.32 Å². The van der Waals surface area contributed by atoms with Crippen LogP contribution in [0.2, 0.25) is 5.02 Å². The van der Waals surface area contributed by atoms with Crippen LogP contribution in [0.5, 0.6) is 0 Å². The van der Waals surface area contributed by atoms with Gasteiger partial charge in [-0.3, -0.25) is 9.36 Å². The lowest BCUT2D eigenvalue weighted by molar-refractivity contribution is -0.119. The SMILES string of the molecule is O=C(CSc1nnc(-c2ccco2)n1-c1cccc(Cl)c1)NC[C@@H]1CCCO1. The first-order valence-corrected chi connectivity index (χ1v) is 10.3. The number of nitrogens with zero attached hydrogens (tertiary/aromatic N) is 3. The van der Waals surface area contributed by atoms with E-state index in [-0.39, 0.29) is 17.8 Å². The Morgan fingerprint density at radius 2 is 2.25 bits per heavy atom. The van der Waals surface area contributed by atoms with Crippen molar-refractivity contribution in [1.82, 2.24) is 20.1 Å². The molecule has 0 radical (unpaired) electrons. The minimum Gasteiger partial charge on any atom is -0.461 e. The Balaban J connectivity index is 1.51. The predicted molar refractivity (Wildman–Crippen MR) is 107 cm³/mol. The van der Waals surface area contributed by atoms with E-state index in [1.807, 2.05) is 28.8 Å². The molecule has 0 saturated carbocycles. The molecule has 1 amide bonds. The van der Waals surface area contributed by atoms with Crippen molar-refractivity contribution in [3.63, 3.8) is 0 Å². The Bertz CT molecular complexity index is 939. The normalized spacial score (nSPS) is 16.4. The van der Waals surface area contributed by atoms with Gasteiger partial charge in [-0.25, -0.2) is 0 Å². The molecular weight excluding hydrogens is 400 g/mol. The van der Waals surface area contributed by atoms with Gasteiger partial charge < -0.3 is 14.5 Å². The molecule has 0 spiro atoms. The second-order valence-corrected chi connectivity index (χ2v) is 7.71. The van der Waals surface area contributed by atoms with Gasteiger partial charge in [-0.2, -0.15) is 0 Å². The van der Waals surface area contributed by atoms with Gasteiger partial charge in [-0.15, -0.1) is 10.2 Å². The summed E-state index contributed by atoms with van der Waals surface area (Å²) >= 11 is 7.47. The van der Waals surface area contributed by atoms with Gasteiger partial charge in [-0.05, 0) is 43.2 Å². The van der Waals surface area contributed by atoms with Crippen molar-refractivity contribution < 1.29 is 13.9 Å². The molecule has 0 aliphatic carbocycles. The first-order valence-electron chi connectivity index (χ1n) is 8.97. The van der Waals surface area contributed by atoms with Crippen LogP contribution in [0.1, 0.15) is 12.8 Å². The van der Waals surface area contributed by atoms with E-state index < -0.39 is 0 Å². The van der Waals surface area contributed by atoms with Gasteiger partial charge in [0.15, 0.2) is 10.9 Å². The van der Waals surface area contributed by atoms with E-state index in [1.165, 1.54) is 11.8 Å². The molecule has 146 valence electrons. The first kappa shape index (κ1) is 19.0. The van der Waals surface area contributed by atoms with Crippen molar-refractivity contribution in [1.29, 1.82) is 0 Å². The van der Waals surface area contributed by atoms with E-state index in [0.29, 0.717) is 28.3 Å². The molecule has 1 aliphatic heterocycles. The zero-order chi connectivity index (χ0) is 19.3. The van der Waals surface area contributed by atoms with E-state index in [0.717, 1.165) is 25.1 Å². The van der Waals surface area contributed by atoms with Gasteiger partial charge in [0.05, 0.1) is 23.8 Å². The van der Waals surface area contributed by atoms with Crippen LogP contribution in [0.4, 0.5) is 0 Å². The first-order chi connectivity index (χ1) is 13.7. The molecule has 2 aromatic heterocycles. The van der Waals surface area contributed by atoms with Gasteiger partial charge in [-0.1, -0.05) is 29.4 Å². The molecule has 1 saturated heterocycles. The van der Waals surface area contributed by atoms with Crippen molar-refractivity contribution in [3.8, 4) is 17.3 Å². The van der Waals surface area contributed by atoms with Crippen molar-refractivity contribution in [2.24, 2.45) is 0 Å². The fourth-order valence-corrected chi connectivity index (χ4v) is 3.96. The Morgan fingerprint density at radius 1 is 1.32 bits per heavy atom.